The molecule has 4 rings (SSSR count). The summed E-state index contributed by atoms with van der Waals surface area (Å²) in [4.78, 5) is 18.0. The Balaban J connectivity index is 1.56. The first-order valence-corrected chi connectivity index (χ1v) is 10.9. The molecule has 1 saturated heterocycles. The highest BCUT2D eigenvalue weighted by molar-refractivity contribution is 6.33. The van der Waals surface area contributed by atoms with Crippen LogP contribution in [0.25, 0.3) is 11.3 Å². The SMILES string of the molecule is Cc1onc(-c2ccccc2Cl)c1C(=O)NC[C@H](c1cccn1C)N1CCN(C)CC1. The Labute approximate surface area is 187 Å². The maximum atomic E-state index is 13.2. The molecule has 0 saturated carbocycles. The van der Waals surface area contributed by atoms with Gasteiger partial charge in [0.15, 0.2) is 0 Å². The third-order valence-electron chi connectivity index (χ3n) is 5.98. The molecule has 1 aliphatic rings. The second kappa shape index (κ2) is 9.26. The first kappa shape index (κ1) is 21.6. The Kier molecular flexibility index (Phi) is 6.46. The van der Waals surface area contributed by atoms with Gasteiger partial charge in [-0.3, -0.25) is 9.69 Å². The average molecular weight is 442 g/mol. The van der Waals surface area contributed by atoms with E-state index in [0.29, 0.717) is 34.1 Å². The maximum absolute atomic E-state index is 13.2. The van der Waals surface area contributed by atoms with Gasteiger partial charge in [-0.1, -0.05) is 35.0 Å². The fraction of sp³-hybridized carbons (Fsp3) is 0.391. The van der Waals surface area contributed by atoms with Crippen LogP contribution in [0.4, 0.5) is 0 Å². The van der Waals surface area contributed by atoms with Crippen molar-refractivity contribution in [1.29, 1.82) is 0 Å². The van der Waals surface area contributed by atoms with Crippen LogP contribution in [-0.2, 0) is 7.05 Å². The van der Waals surface area contributed by atoms with Gasteiger partial charge in [-0.15, -0.1) is 0 Å². The van der Waals surface area contributed by atoms with Crippen molar-refractivity contribution in [1.82, 2.24) is 24.8 Å². The summed E-state index contributed by atoms with van der Waals surface area (Å²) in [7, 11) is 4.18. The summed E-state index contributed by atoms with van der Waals surface area (Å²) in [6.45, 7) is 6.18. The molecule has 1 atom stereocenters. The molecular weight excluding hydrogens is 414 g/mol. The molecule has 1 N–H and O–H groups in total. The minimum absolute atomic E-state index is 0.0848. The molecule has 0 bridgehead atoms. The number of halogens is 1. The van der Waals surface area contributed by atoms with E-state index in [9.17, 15) is 4.79 Å². The standard InChI is InChI=1S/C23H28ClN5O2/c1-16-21(22(26-31-16)17-7-4-5-8-18(17)24)23(30)25-15-20(19-9-6-10-28(19)3)29-13-11-27(2)12-14-29/h4-10,20H,11-15H2,1-3H3,(H,25,30)/t20-/m1/s1. The molecule has 0 unspecified atom stereocenters. The van der Waals surface area contributed by atoms with Crippen LogP contribution >= 0.6 is 11.6 Å². The highest BCUT2D eigenvalue weighted by Gasteiger charge is 2.28. The predicted octanol–water partition coefficient (Wildman–Crippen LogP) is 3.36. The Morgan fingerprint density at radius 2 is 1.90 bits per heavy atom. The number of hydrogen-bond donors (Lipinski definition) is 1. The second-order valence-electron chi connectivity index (χ2n) is 8.05. The quantitative estimate of drug-likeness (QED) is 0.635. The molecule has 3 aromatic rings. The van der Waals surface area contributed by atoms with Gasteiger partial charge in [-0.2, -0.15) is 0 Å². The van der Waals surface area contributed by atoms with Crippen LogP contribution in [0, 0.1) is 6.92 Å². The molecule has 0 aliphatic carbocycles. The number of nitrogens with one attached hydrogen (secondary N) is 1. The lowest BCUT2D eigenvalue weighted by Crippen LogP contribution is -2.49. The van der Waals surface area contributed by atoms with Gasteiger partial charge in [-0.05, 0) is 32.2 Å². The lowest BCUT2D eigenvalue weighted by atomic mass is 10.0. The van der Waals surface area contributed by atoms with Crippen molar-refractivity contribution in [3.8, 4) is 11.3 Å². The van der Waals surface area contributed by atoms with Crippen LogP contribution in [0.5, 0.6) is 0 Å². The Morgan fingerprint density at radius 3 is 2.58 bits per heavy atom. The van der Waals surface area contributed by atoms with Crippen molar-refractivity contribution >= 4 is 17.5 Å². The van der Waals surface area contributed by atoms with Crippen LogP contribution in [-0.4, -0.2) is 65.2 Å². The number of hydrogen-bond acceptors (Lipinski definition) is 5. The zero-order chi connectivity index (χ0) is 22.0. The van der Waals surface area contributed by atoms with E-state index in [2.05, 4.69) is 38.0 Å². The van der Waals surface area contributed by atoms with Crippen molar-refractivity contribution < 1.29 is 9.32 Å². The lowest BCUT2D eigenvalue weighted by molar-refractivity contribution is 0.0876. The van der Waals surface area contributed by atoms with Gasteiger partial charge in [0.2, 0.25) is 0 Å². The third-order valence-corrected chi connectivity index (χ3v) is 6.31. The molecule has 0 spiro atoms. The van der Waals surface area contributed by atoms with Gasteiger partial charge in [0.25, 0.3) is 5.91 Å². The number of amides is 1. The Morgan fingerprint density at radius 1 is 1.16 bits per heavy atom. The number of likely N-dealkylation sites (N-methyl/N-ethyl adjacent to an activating group) is 1. The molecule has 1 aliphatic heterocycles. The lowest BCUT2D eigenvalue weighted by Gasteiger charge is -2.38. The number of aromatic nitrogens is 2. The highest BCUT2D eigenvalue weighted by Crippen LogP contribution is 2.31. The summed E-state index contributed by atoms with van der Waals surface area (Å²) in [5.74, 6) is 0.268. The molecular formula is C23H28ClN5O2. The minimum Gasteiger partial charge on any atom is -0.360 e. The van der Waals surface area contributed by atoms with E-state index in [1.807, 2.05) is 37.5 Å². The normalized spacial score (nSPS) is 16.4. The zero-order valence-corrected chi connectivity index (χ0v) is 18.9. The Hall–Kier alpha value is -2.61. The van der Waals surface area contributed by atoms with E-state index in [-0.39, 0.29) is 11.9 Å². The summed E-state index contributed by atoms with van der Waals surface area (Å²) in [6.07, 6.45) is 2.04. The fourth-order valence-electron chi connectivity index (χ4n) is 4.13. The largest absolute Gasteiger partial charge is 0.360 e. The van der Waals surface area contributed by atoms with Crippen LogP contribution in [0.1, 0.15) is 27.9 Å². The average Bonchev–Trinajstić information content (AvgIpc) is 3.35. The van der Waals surface area contributed by atoms with Gasteiger partial charge in [0, 0.05) is 57.2 Å². The van der Waals surface area contributed by atoms with Gasteiger partial charge in [0.05, 0.1) is 11.1 Å². The molecule has 0 radical (unpaired) electrons. The summed E-state index contributed by atoms with van der Waals surface area (Å²) < 4.78 is 7.48. The summed E-state index contributed by atoms with van der Waals surface area (Å²) >= 11 is 6.34. The number of nitrogens with zero attached hydrogens (tertiary/aromatic N) is 4. The van der Waals surface area contributed by atoms with Crippen LogP contribution in [0.15, 0.2) is 47.1 Å². The minimum atomic E-state index is -0.206. The monoisotopic (exact) mass is 441 g/mol. The van der Waals surface area contributed by atoms with Gasteiger partial charge >= 0.3 is 0 Å². The van der Waals surface area contributed by atoms with Crippen molar-refractivity contribution in [2.24, 2.45) is 7.05 Å². The Bertz CT molecular complexity index is 1050. The predicted molar refractivity (Wildman–Crippen MR) is 121 cm³/mol. The smallest absolute Gasteiger partial charge is 0.257 e. The highest BCUT2D eigenvalue weighted by atomic mass is 35.5. The summed E-state index contributed by atoms with van der Waals surface area (Å²) in [5.41, 5.74) is 2.76. The molecule has 2 aromatic heterocycles. The van der Waals surface area contributed by atoms with Crippen molar-refractivity contribution in [2.75, 3.05) is 39.8 Å². The van der Waals surface area contributed by atoms with Crippen LogP contribution in [0.2, 0.25) is 5.02 Å². The van der Waals surface area contributed by atoms with Crippen LogP contribution in [0.3, 0.4) is 0 Å². The molecule has 8 heteroatoms. The summed E-state index contributed by atoms with van der Waals surface area (Å²) in [5, 5.41) is 7.78. The number of rotatable bonds is 6. The molecule has 1 aromatic carbocycles. The van der Waals surface area contributed by atoms with E-state index >= 15 is 0 Å². The molecule has 164 valence electrons. The van der Waals surface area contributed by atoms with E-state index in [0.717, 1.165) is 26.2 Å². The van der Waals surface area contributed by atoms with Gasteiger partial charge in [0.1, 0.15) is 17.0 Å². The number of aryl methyl sites for hydroxylation is 2. The summed E-state index contributed by atoms with van der Waals surface area (Å²) in [6, 6.07) is 11.6. The maximum Gasteiger partial charge on any atom is 0.257 e. The van der Waals surface area contributed by atoms with Crippen molar-refractivity contribution in [2.45, 2.75) is 13.0 Å². The third kappa shape index (κ3) is 4.54. The molecule has 1 amide bonds. The zero-order valence-electron chi connectivity index (χ0n) is 18.1. The number of carbonyl (C=O) groups excluding carboxylic acids is 1. The fourth-order valence-corrected chi connectivity index (χ4v) is 4.35. The molecule has 3 heterocycles. The van der Waals surface area contributed by atoms with E-state index in [1.54, 1.807) is 13.0 Å². The van der Waals surface area contributed by atoms with Crippen LogP contribution < -0.4 is 5.32 Å². The number of carbonyl (C=O) groups is 1. The first-order valence-electron chi connectivity index (χ1n) is 10.5. The molecule has 1 fully saturated rings. The van der Waals surface area contributed by atoms with E-state index < -0.39 is 0 Å². The first-order chi connectivity index (χ1) is 15.0. The van der Waals surface area contributed by atoms with E-state index in [4.69, 9.17) is 16.1 Å². The van der Waals surface area contributed by atoms with Crippen molar-refractivity contribution in [3.63, 3.8) is 0 Å². The van der Waals surface area contributed by atoms with Gasteiger partial charge in [-0.25, -0.2) is 0 Å². The van der Waals surface area contributed by atoms with E-state index in [1.165, 1.54) is 5.69 Å². The number of benzene rings is 1. The van der Waals surface area contributed by atoms with Gasteiger partial charge < -0.3 is 19.3 Å². The molecule has 7 nitrogen and oxygen atoms in total. The molecule has 31 heavy (non-hydrogen) atoms. The second-order valence-corrected chi connectivity index (χ2v) is 8.46. The number of piperazine rings is 1. The van der Waals surface area contributed by atoms with Crippen molar-refractivity contribution in [3.05, 3.63) is 64.6 Å². The topological polar surface area (TPSA) is 66.5 Å².